The quantitative estimate of drug-likeness (QED) is 0.340. The normalized spacial score (nSPS) is 18.8. The van der Waals surface area contributed by atoms with Crippen molar-refractivity contribution in [3.8, 4) is 11.6 Å². The number of halogens is 1. The molecule has 234 valence electrons. The third-order valence-electron chi connectivity index (χ3n) is 9.55. The summed E-state index contributed by atoms with van der Waals surface area (Å²) in [5, 5.41) is 8.17. The van der Waals surface area contributed by atoms with Gasteiger partial charge in [0.25, 0.3) is 11.8 Å². The first kappa shape index (κ1) is 30.2. The summed E-state index contributed by atoms with van der Waals surface area (Å²) in [5.41, 5.74) is 0.420. The first-order valence-electron chi connectivity index (χ1n) is 15.9. The molecule has 44 heavy (non-hydrogen) atoms. The van der Waals surface area contributed by atoms with Crippen LogP contribution in [0.15, 0.2) is 48.9 Å². The zero-order valence-corrected chi connectivity index (χ0v) is 26.0. The molecular weight excluding hydrogens is 559 g/mol. The molecule has 3 aromatic rings. The average Bonchev–Trinajstić information content (AvgIpc) is 3.02. The highest BCUT2D eigenvalue weighted by atomic mass is 19.1. The smallest absolute Gasteiger partial charge is 0.282 e. The highest BCUT2D eigenvalue weighted by Gasteiger charge is 2.46. The number of aromatic nitrogens is 4. The molecule has 3 fully saturated rings. The standard InChI is InChI=1S/C33H43FN8O2/c1-4-42(24(2)3)32(43)27-19-26(34)8-9-28(27)44-31-30(36-23-37-38-31)41-21-33(22-41)12-17-39(18-13-33)20-25-10-15-40(16-11-25)29-7-5-6-14-35-29/h5-9,14,19,23-25H,4,10-13,15-18,20-22H2,1-3H3. The summed E-state index contributed by atoms with van der Waals surface area (Å²) in [6.45, 7) is 13.6. The van der Waals surface area contributed by atoms with Crippen molar-refractivity contribution in [1.82, 2.24) is 30.0 Å². The van der Waals surface area contributed by atoms with Gasteiger partial charge in [-0.05, 0) is 95.8 Å². The molecule has 0 unspecified atom stereocenters. The molecule has 2 aromatic heterocycles. The maximum atomic E-state index is 14.2. The second kappa shape index (κ2) is 13.0. The number of carbonyl (C=O) groups excluding carboxylic acids is 1. The lowest BCUT2D eigenvalue weighted by Crippen LogP contribution is -2.61. The van der Waals surface area contributed by atoms with E-state index in [1.807, 2.05) is 33.0 Å². The van der Waals surface area contributed by atoms with Crippen molar-refractivity contribution >= 4 is 17.5 Å². The van der Waals surface area contributed by atoms with Gasteiger partial charge < -0.3 is 24.3 Å². The number of amides is 1. The first-order chi connectivity index (χ1) is 21.3. The highest BCUT2D eigenvalue weighted by Crippen LogP contribution is 2.44. The van der Waals surface area contributed by atoms with Crippen LogP contribution in [0.3, 0.4) is 0 Å². The van der Waals surface area contributed by atoms with Gasteiger partial charge in [0.15, 0.2) is 5.82 Å². The van der Waals surface area contributed by atoms with Crippen molar-refractivity contribution in [2.45, 2.75) is 52.5 Å². The molecule has 0 aliphatic carbocycles. The lowest BCUT2D eigenvalue weighted by atomic mass is 9.72. The summed E-state index contributed by atoms with van der Waals surface area (Å²) in [4.78, 5) is 31.2. The summed E-state index contributed by atoms with van der Waals surface area (Å²) in [5.74, 6) is 2.12. The number of rotatable bonds is 9. The van der Waals surface area contributed by atoms with Crippen molar-refractivity contribution in [2.24, 2.45) is 11.3 Å². The van der Waals surface area contributed by atoms with Crippen LogP contribution in [0.4, 0.5) is 16.0 Å². The third-order valence-corrected chi connectivity index (χ3v) is 9.55. The molecule has 0 bridgehead atoms. The van der Waals surface area contributed by atoms with E-state index in [0.29, 0.717) is 12.4 Å². The predicted molar refractivity (Wildman–Crippen MR) is 168 cm³/mol. The number of hydrogen-bond donors (Lipinski definition) is 0. The summed E-state index contributed by atoms with van der Waals surface area (Å²) >= 11 is 0. The van der Waals surface area contributed by atoms with Crippen LogP contribution in [0.25, 0.3) is 0 Å². The molecule has 6 rings (SSSR count). The van der Waals surface area contributed by atoms with E-state index in [2.05, 4.69) is 47.0 Å². The molecule has 1 amide bonds. The van der Waals surface area contributed by atoms with Gasteiger partial charge in [-0.1, -0.05) is 6.07 Å². The number of likely N-dealkylation sites (tertiary alicyclic amines) is 1. The van der Waals surface area contributed by atoms with E-state index >= 15 is 0 Å². The number of piperidine rings is 2. The number of nitrogens with zero attached hydrogens (tertiary/aromatic N) is 8. The van der Waals surface area contributed by atoms with Crippen LogP contribution in [-0.4, -0.2) is 94.3 Å². The summed E-state index contributed by atoms with van der Waals surface area (Å²) in [7, 11) is 0. The summed E-state index contributed by atoms with van der Waals surface area (Å²) < 4.78 is 20.4. The van der Waals surface area contributed by atoms with Crippen LogP contribution >= 0.6 is 0 Å². The Morgan fingerprint density at radius 2 is 1.84 bits per heavy atom. The number of anilines is 2. The average molecular weight is 603 g/mol. The van der Waals surface area contributed by atoms with E-state index in [9.17, 15) is 9.18 Å². The highest BCUT2D eigenvalue weighted by molar-refractivity contribution is 5.97. The number of pyridine rings is 1. The Morgan fingerprint density at radius 1 is 1.07 bits per heavy atom. The maximum Gasteiger partial charge on any atom is 0.282 e. The van der Waals surface area contributed by atoms with E-state index in [1.54, 1.807) is 4.90 Å². The first-order valence-corrected chi connectivity index (χ1v) is 15.9. The largest absolute Gasteiger partial charge is 0.434 e. The van der Waals surface area contributed by atoms with Crippen LogP contribution < -0.4 is 14.5 Å². The van der Waals surface area contributed by atoms with E-state index in [1.165, 1.54) is 43.9 Å². The zero-order chi connectivity index (χ0) is 30.7. The summed E-state index contributed by atoms with van der Waals surface area (Å²) in [6, 6.07) is 10.1. The second-order valence-corrected chi connectivity index (χ2v) is 12.8. The van der Waals surface area contributed by atoms with Crippen molar-refractivity contribution in [3.05, 3.63) is 60.3 Å². The molecule has 0 radical (unpaired) electrons. The minimum Gasteiger partial charge on any atom is -0.434 e. The van der Waals surface area contributed by atoms with Crippen molar-refractivity contribution in [2.75, 3.05) is 62.2 Å². The van der Waals surface area contributed by atoms with Gasteiger partial charge in [-0.15, -0.1) is 10.2 Å². The van der Waals surface area contributed by atoms with E-state index in [4.69, 9.17) is 4.74 Å². The lowest BCUT2D eigenvalue weighted by Gasteiger charge is -2.54. The topological polar surface area (TPSA) is 90.8 Å². The fraction of sp³-hybridized carbons (Fsp3) is 0.545. The number of hydrogen-bond acceptors (Lipinski definition) is 9. The maximum absolute atomic E-state index is 14.2. The van der Waals surface area contributed by atoms with E-state index in [0.717, 1.165) is 63.8 Å². The minimum absolute atomic E-state index is 0.0359. The van der Waals surface area contributed by atoms with Crippen LogP contribution in [-0.2, 0) is 0 Å². The summed E-state index contributed by atoms with van der Waals surface area (Å²) in [6.07, 6.45) is 8.03. The van der Waals surface area contributed by atoms with Gasteiger partial charge in [0.05, 0.1) is 5.56 Å². The molecule has 11 heteroatoms. The Hall–Kier alpha value is -3.86. The predicted octanol–water partition coefficient (Wildman–Crippen LogP) is 4.89. The van der Waals surface area contributed by atoms with Gasteiger partial charge in [-0.2, -0.15) is 0 Å². The van der Waals surface area contributed by atoms with Crippen LogP contribution in [0.1, 0.15) is 56.8 Å². The molecule has 10 nitrogen and oxygen atoms in total. The van der Waals surface area contributed by atoms with Crippen molar-refractivity contribution < 1.29 is 13.9 Å². The Kier molecular flexibility index (Phi) is 8.93. The van der Waals surface area contributed by atoms with Gasteiger partial charge in [-0.3, -0.25) is 4.79 Å². The Morgan fingerprint density at radius 3 is 2.52 bits per heavy atom. The van der Waals surface area contributed by atoms with Gasteiger partial charge in [0.2, 0.25) is 0 Å². The molecule has 3 saturated heterocycles. The van der Waals surface area contributed by atoms with Gasteiger partial charge in [0, 0.05) is 56.9 Å². The van der Waals surface area contributed by atoms with Crippen LogP contribution in [0, 0.1) is 17.2 Å². The third kappa shape index (κ3) is 6.47. The molecule has 3 aliphatic heterocycles. The van der Waals surface area contributed by atoms with Crippen LogP contribution in [0.2, 0.25) is 0 Å². The molecule has 3 aliphatic rings. The SMILES string of the molecule is CCN(C(=O)c1cc(F)ccc1Oc1nncnc1N1CC2(CCN(CC3CCN(c4ccccn4)CC3)CC2)C1)C(C)C. The molecule has 1 aromatic carbocycles. The Labute approximate surface area is 259 Å². The van der Waals surface area contributed by atoms with Crippen LogP contribution in [0.5, 0.6) is 11.6 Å². The van der Waals surface area contributed by atoms with Crippen molar-refractivity contribution in [1.29, 1.82) is 0 Å². The molecule has 5 heterocycles. The van der Waals surface area contributed by atoms with Gasteiger partial charge in [0.1, 0.15) is 23.7 Å². The fourth-order valence-electron chi connectivity index (χ4n) is 6.99. The minimum atomic E-state index is -0.496. The van der Waals surface area contributed by atoms with E-state index < -0.39 is 5.82 Å². The molecule has 1 spiro atoms. The van der Waals surface area contributed by atoms with Gasteiger partial charge >= 0.3 is 0 Å². The van der Waals surface area contributed by atoms with Crippen molar-refractivity contribution in [3.63, 3.8) is 0 Å². The second-order valence-electron chi connectivity index (χ2n) is 12.8. The molecule has 0 atom stereocenters. The zero-order valence-electron chi connectivity index (χ0n) is 26.0. The fourth-order valence-corrected chi connectivity index (χ4v) is 6.99. The number of ether oxygens (including phenoxy) is 1. The molecular formula is C33H43FN8O2. The van der Waals surface area contributed by atoms with E-state index in [-0.39, 0.29) is 34.6 Å². The van der Waals surface area contributed by atoms with Gasteiger partial charge in [-0.25, -0.2) is 14.4 Å². The number of benzene rings is 1. The lowest BCUT2D eigenvalue weighted by molar-refractivity contribution is 0.0640. The molecule has 0 saturated carbocycles. The molecule has 0 N–H and O–H groups in total. The number of carbonyl (C=O) groups is 1. The monoisotopic (exact) mass is 602 g/mol. The Bertz CT molecular complexity index is 1420. The Balaban J connectivity index is 1.04.